The van der Waals surface area contributed by atoms with Gasteiger partial charge in [0.05, 0.1) is 22.1 Å². The van der Waals surface area contributed by atoms with Gasteiger partial charge in [-0.3, -0.25) is 0 Å². The molecule has 0 spiro atoms. The fraction of sp³-hybridized carbons (Fsp3) is 0. The molecule has 0 bridgehead atoms. The molecule has 9 aromatic rings. The van der Waals surface area contributed by atoms with Crippen molar-refractivity contribution in [3.05, 3.63) is 146 Å². The van der Waals surface area contributed by atoms with Gasteiger partial charge < -0.3 is 9.13 Å². The number of para-hydroxylation sites is 3. The van der Waals surface area contributed by atoms with Gasteiger partial charge in [0.25, 0.3) is 0 Å². The van der Waals surface area contributed by atoms with E-state index in [1.807, 2.05) is 0 Å². The summed E-state index contributed by atoms with van der Waals surface area (Å²) in [7, 11) is 0. The maximum Gasteiger partial charge on any atom is 0.0562 e. The van der Waals surface area contributed by atoms with Crippen LogP contribution in [0, 0.1) is 0 Å². The van der Waals surface area contributed by atoms with Crippen molar-refractivity contribution in [1.82, 2.24) is 9.13 Å². The van der Waals surface area contributed by atoms with E-state index in [0.717, 1.165) is 0 Å². The topological polar surface area (TPSA) is 9.86 Å². The normalized spacial score (nSPS) is 12.0. The van der Waals surface area contributed by atoms with Gasteiger partial charge in [-0.25, -0.2) is 0 Å². The van der Waals surface area contributed by atoms with E-state index in [4.69, 9.17) is 0 Å². The SMILES string of the molecule is c1ccc(-n2c3ccccc3c3cc4c5ccccc5n(-c5ccc6cc7ccccc7cc6c5)c4cc32)cc1. The summed E-state index contributed by atoms with van der Waals surface area (Å²) in [5.41, 5.74) is 7.24. The minimum absolute atomic E-state index is 1.17. The van der Waals surface area contributed by atoms with Crippen LogP contribution in [0.25, 0.3) is 76.5 Å². The predicted molar refractivity (Wildman–Crippen MR) is 170 cm³/mol. The number of rotatable bonds is 2. The highest BCUT2D eigenvalue weighted by Gasteiger charge is 2.18. The molecule has 0 unspecified atom stereocenters. The Morgan fingerprint density at radius 3 is 1.48 bits per heavy atom. The van der Waals surface area contributed by atoms with Crippen molar-refractivity contribution in [1.29, 1.82) is 0 Å². The van der Waals surface area contributed by atoms with Gasteiger partial charge in [-0.2, -0.15) is 0 Å². The highest BCUT2D eigenvalue weighted by Crippen LogP contribution is 2.40. The fourth-order valence-electron chi connectivity index (χ4n) is 6.63. The molecule has 0 aliphatic rings. The van der Waals surface area contributed by atoms with E-state index >= 15 is 0 Å². The first-order valence-corrected chi connectivity index (χ1v) is 13.8. The second-order valence-corrected chi connectivity index (χ2v) is 10.7. The molecule has 9 rings (SSSR count). The first-order valence-electron chi connectivity index (χ1n) is 13.8. The van der Waals surface area contributed by atoms with Crippen molar-refractivity contribution >= 4 is 65.2 Å². The van der Waals surface area contributed by atoms with Crippen LogP contribution < -0.4 is 0 Å². The summed E-state index contributed by atoms with van der Waals surface area (Å²) in [6.07, 6.45) is 0. The third kappa shape index (κ3) is 2.99. The lowest BCUT2D eigenvalue weighted by Crippen LogP contribution is -1.96. The van der Waals surface area contributed by atoms with Gasteiger partial charge in [-0.05, 0) is 82.2 Å². The summed E-state index contributed by atoms with van der Waals surface area (Å²) in [5, 5.41) is 10.2. The molecule has 0 saturated heterocycles. The van der Waals surface area contributed by atoms with E-state index < -0.39 is 0 Å². The molecule has 0 N–H and O–H groups in total. The number of fused-ring (bicyclic) bond motifs is 8. The highest BCUT2D eigenvalue weighted by atomic mass is 15.0. The average molecular weight is 509 g/mol. The van der Waals surface area contributed by atoms with Crippen molar-refractivity contribution < 1.29 is 0 Å². The molecule has 0 radical (unpaired) electrons. The largest absolute Gasteiger partial charge is 0.309 e. The second-order valence-electron chi connectivity index (χ2n) is 10.7. The smallest absolute Gasteiger partial charge is 0.0562 e. The summed E-state index contributed by atoms with van der Waals surface area (Å²) in [6, 6.07) is 53.1. The van der Waals surface area contributed by atoms with Crippen LogP contribution in [-0.4, -0.2) is 9.13 Å². The maximum absolute atomic E-state index is 2.44. The Morgan fingerprint density at radius 2 is 0.800 bits per heavy atom. The molecule has 2 heteroatoms. The molecule has 0 aliphatic carbocycles. The number of benzene rings is 7. The van der Waals surface area contributed by atoms with Crippen molar-refractivity contribution in [3.63, 3.8) is 0 Å². The van der Waals surface area contributed by atoms with Gasteiger partial charge >= 0.3 is 0 Å². The number of hydrogen-bond donors (Lipinski definition) is 0. The summed E-state index contributed by atoms with van der Waals surface area (Å²) >= 11 is 0. The molecule has 0 aliphatic heterocycles. The molecule has 0 amide bonds. The van der Waals surface area contributed by atoms with Gasteiger partial charge in [0.1, 0.15) is 0 Å². The van der Waals surface area contributed by atoms with Crippen molar-refractivity contribution in [2.24, 2.45) is 0 Å². The predicted octanol–water partition coefficient (Wildman–Crippen LogP) is 10.2. The Balaban J connectivity index is 1.41. The van der Waals surface area contributed by atoms with Crippen LogP contribution in [0.4, 0.5) is 0 Å². The Labute approximate surface area is 230 Å². The van der Waals surface area contributed by atoms with E-state index in [-0.39, 0.29) is 0 Å². The minimum Gasteiger partial charge on any atom is -0.309 e. The molecule has 186 valence electrons. The number of aromatic nitrogens is 2. The lowest BCUT2D eigenvalue weighted by molar-refractivity contribution is 1.17. The quantitative estimate of drug-likeness (QED) is 0.206. The van der Waals surface area contributed by atoms with Crippen LogP contribution in [0.3, 0.4) is 0 Å². The monoisotopic (exact) mass is 508 g/mol. The number of hydrogen-bond acceptors (Lipinski definition) is 0. The van der Waals surface area contributed by atoms with E-state index in [9.17, 15) is 0 Å². The fourth-order valence-corrected chi connectivity index (χ4v) is 6.63. The highest BCUT2D eigenvalue weighted by molar-refractivity contribution is 6.19. The van der Waals surface area contributed by atoms with Gasteiger partial charge in [0, 0.05) is 32.9 Å². The lowest BCUT2D eigenvalue weighted by Gasteiger charge is -2.11. The van der Waals surface area contributed by atoms with Crippen LogP contribution in [-0.2, 0) is 0 Å². The second kappa shape index (κ2) is 8.08. The van der Waals surface area contributed by atoms with Crippen LogP contribution in [0.5, 0.6) is 0 Å². The van der Waals surface area contributed by atoms with Crippen LogP contribution in [0.2, 0.25) is 0 Å². The number of nitrogens with zero attached hydrogens (tertiary/aromatic N) is 2. The van der Waals surface area contributed by atoms with Crippen molar-refractivity contribution in [2.45, 2.75) is 0 Å². The Morgan fingerprint density at radius 1 is 0.275 bits per heavy atom. The summed E-state index contributed by atoms with van der Waals surface area (Å²) in [4.78, 5) is 0. The maximum atomic E-state index is 2.44. The minimum atomic E-state index is 1.17. The molecule has 2 nitrogen and oxygen atoms in total. The van der Waals surface area contributed by atoms with Gasteiger partial charge in [0.2, 0.25) is 0 Å². The van der Waals surface area contributed by atoms with E-state index in [1.165, 1.54) is 76.5 Å². The summed E-state index contributed by atoms with van der Waals surface area (Å²) in [5.74, 6) is 0. The molecule has 0 atom stereocenters. The van der Waals surface area contributed by atoms with Gasteiger partial charge in [0.15, 0.2) is 0 Å². The van der Waals surface area contributed by atoms with E-state index in [1.54, 1.807) is 0 Å². The molecule has 0 fully saturated rings. The van der Waals surface area contributed by atoms with Crippen LogP contribution in [0.1, 0.15) is 0 Å². The Kier molecular flexibility index (Phi) is 4.36. The Hall–Kier alpha value is -5.34. The first kappa shape index (κ1) is 21.6. The van der Waals surface area contributed by atoms with Crippen LogP contribution in [0.15, 0.2) is 146 Å². The summed E-state index contributed by atoms with van der Waals surface area (Å²) < 4.78 is 4.84. The molecule has 7 aromatic carbocycles. The Bertz CT molecular complexity index is 2420. The average Bonchev–Trinajstić information content (AvgIpc) is 3.51. The van der Waals surface area contributed by atoms with Gasteiger partial charge in [-0.15, -0.1) is 0 Å². The molecule has 0 saturated carbocycles. The molecule has 2 heterocycles. The molecule has 40 heavy (non-hydrogen) atoms. The third-order valence-corrected chi connectivity index (χ3v) is 8.43. The molecular formula is C38H24N2. The van der Waals surface area contributed by atoms with E-state index in [2.05, 4.69) is 155 Å². The zero-order valence-corrected chi connectivity index (χ0v) is 21.8. The third-order valence-electron chi connectivity index (χ3n) is 8.43. The zero-order valence-electron chi connectivity index (χ0n) is 21.8. The van der Waals surface area contributed by atoms with Crippen LogP contribution >= 0.6 is 0 Å². The standard InChI is InChI=1S/C38H24N2/c1-2-12-29(13-3-1)39-35-16-8-6-14-31(35)33-23-34-32-15-7-9-17-36(32)40(38(34)24-37(33)39)30-19-18-27-20-25-10-4-5-11-26(25)21-28(27)22-30/h1-24H. The van der Waals surface area contributed by atoms with Crippen molar-refractivity contribution in [3.8, 4) is 11.4 Å². The van der Waals surface area contributed by atoms with Gasteiger partial charge in [-0.1, -0.05) is 84.9 Å². The zero-order chi connectivity index (χ0) is 26.2. The molecular weight excluding hydrogens is 484 g/mol. The van der Waals surface area contributed by atoms with E-state index in [0.29, 0.717) is 0 Å². The lowest BCUT2D eigenvalue weighted by atomic mass is 10.0. The molecule has 2 aromatic heterocycles. The summed E-state index contributed by atoms with van der Waals surface area (Å²) in [6.45, 7) is 0. The van der Waals surface area contributed by atoms with Crippen molar-refractivity contribution in [2.75, 3.05) is 0 Å². The first-order chi connectivity index (χ1) is 19.8.